The summed E-state index contributed by atoms with van der Waals surface area (Å²) in [5.74, 6) is -2.76. The van der Waals surface area contributed by atoms with Gasteiger partial charge in [0.2, 0.25) is 6.08 Å². The third-order valence-electron chi connectivity index (χ3n) is 1.24. The Morgan fingerprint density at radius 3 is 2.00 bits per heavy atom. The number of carboxylic acid groups (broad SMARTS) is 1. The molecule has 1 rings (SSSR count). The van der Waals surface area contributed by atoms with Crippen molar-refractivity contribution in [2.45, 2.75) is 6.18 Å². The van der Waals surface area contributed by atoms with Crippen LogP contribution in [0.1, 0.15) is 0 Å². The van der Waals surface area contributed by atoms with Gasteiger partial charge >= 0.3 is 12.1 Å². The van der Waals surface area contributed by atoms with Crippen molar-refractivity contribution in [3.05, 3.63) is 29.3 Å². The molecule has 0 radical (unpaired) electrons. The lowest BCUT2D eigenvalue weighted by atomic mass is 10.3. The van der Waals surface area contributed by atoms with Crippen LogP contribution >= 0.6 is 11.6 Å². The van der Waals surface area contributed by atoms with Gasteiger partial charge in [0.25, 0.3) is 0 Å². The molecule has 8 heteroatoms. The second-order valence-electron chi connectivity index (χ2n) is 2.48. The van der Waals surface area contributed by atoms with E-state index in [2.05, 4.69) is 4.99 Å². The second-order valence-corrected chi connectivity index (χ2v) is 2.92. The molecule has 0 spiro atoms. The van der Waals surface area contributed by atoms with Gasteiger partial charge in [0, 0.05) is 5.02 Å². The molecule has 0 amide bonds. The van der Waals surface area contributed by atoms with E-state index in [4.69, 9.17) is 21.5 Å². The summed E-state index contributed by atoms with van der Waals surface area (Å²) in [4.78, 5) is 22.0. The smallest absolute Gasteiger partial charge is 0.475 e. The van der Waals surface area contributed by atoms with Crippen molar-refractivity contribution in [1.29, 1.82) is 0 Å². The van der Waals surface area contributed by atoms with Crippen LogP contribution in [0.15, 0.2) is 29.3 Å². The van der Waals surface area contributed by atoms with Gasteiger partial charge in [-0.05, 0) is 24.3 Å². The van der Waals surface area contributed by atoms with Crippen molar-refractivity contribution in [2.75, 3.05) is 0 Å². The Labute approximate surface area is 98.3 Å². The number of halogens is 4. The number of carbonyl (C=O) groups excluding carboxylic acids is 1. The molecule has 0 aliphatic carbocycles. The summed E-state index contributed by atoms with van der Waals surface area (Å²) in [5.41, 5.74) is 0.569. The van der Waals surface area contributed by atoms with E-state index in [1.54, 1.807) is 24.3 Å². The van der Waals surface area contributed by atoms with Crippen LogP contribution < -0.4 is 0 Å². The SMILES string of the molecule is O=C(O)C(F)(F)F.O=C=Nc1ccc(Cl)cc1. The average molecular weight is 268 g/mol. The molecule has 0 saturated carbocycles. The van der Waals surface area contributed by atoms with Gasteiger partial charge in [-0.25, -0.2) is 9.59 Å². The van der Waals surface area contributed by atoms with Gasteiger partial charge < -0.3 is 5.11 Å². The Morgan fingerprint density at radius 2 is 1.71 bits per heavy atom. The maximum absolute atomic E-state index is 10.6. The Kier molecular flexibility index (Phi) is 5.95. The Bertz CT molecular complexity index is 424. The Hall–Kier alpha value is -1.85. The normalized spacial score (nSPS) is 9.65. The van der Waals surface area contributed by atoms with Crippen molar-refractivity contribution in [2.24, 2.45) is 4.99 Å². The van der Waals surface area contributed by atoms with Crippen LogP contribution in [0.25, 0.3) is 0 Å². The number of aliphatic imine (C=N–C) groups is 1. The van der Waals surface area contributed by atoms with Crippen LogP contribution in [0.4, 0.5) is 18.9 Å². The molecule has 92 valence electrons. The highest BCUT2D eigenvalue weighted by Gasteiger charge is 2.38. The molecule has 0 heterocycles. The van der Waals surface area contributed by atoms with E-state index in [-0.39, 0.29) is 0 Å². The van der Waals surface area contributed by atoms with Gasteiger partial charge in [-0.1, -0.05) is 11.6 Å². The van der Waals surface area contributed by atoms with Gasteiger partial charge in [0.05, 0.1) is 5.69 Å². The van der Waals surface area contributed by atoms with E-state index in [1.807, 2.05) is 0 Å². The molecular weight excluding hydrogens is 263 g/mol. The molecule has 0 aliphatic heterocycles. The van der Waals surface area contributed by atoms with Crippen molar-refractivity contribution in [1.82, 2.24) is 0 Å². The molecule has 1 N–H and O–H groups in total. The van der Waals surface area contributed by atoms with E-state index < -0.39 is 12.1 Å². The topological polar surface area (TPSA) is 66.7 Å². The number of carboxylic acids is 1. The number of benzene rings is 1. The van der Waals surface area contributed by atoms with Crippen LogP contribution in [0.2, 0.25) is 5.02 Å². The van der Waals surface area contributed by atoms with Gasteiger partial charge in [-0.3, -0.25) is 0 Å². The first-order valence-electron chi connectivity index (χ1n) is 3.91. The largest absolute Gasteiger partial charge is 0.490 e. The summed E-state index contributed by atoms with van der Waals surface area (Å²) in [6.45, 7) is 0. The van der Waals surface area contributed by atoms with E-state index in [9.17, 15) is 18.0 Å². The minimum atomic E-state index is -5.08. The fraction of sp³-hybridized carbons (Fsp3) is 0.111. The predicted octanol–water partition coefficient (Wildman–Crippen LogP) is 2.94. The maximum Gasteiger partial charge on any atom is 0.490 e. The molecular formula is C9H5ClF3NO3. The molecule has 0 saturated heterocycles. The third-order valence-corrected chi connectivity index (χ3v) is 1.50. The molecule has 4 nitrogen and oxygen atoms in total. The second kappa shape index (κ2) is 6.67. The first-order valence-corrected chi connectivity index (χ1v) is 4.28. The van der Waals surface area contributed by atoms with Crippen LogP contribution in [0, 0.1) is 0 Å². The van der Waals surface area contributed by atoms with Crippen LogP contribution in [0.5, 0.6) is 0 Å². The summed E-state index contributed by atoms with van der Waals surface area (Å²) >= 11 is 5.57. The number of isocyanates is 1. The van der Waals surface area contributed by atoms with Gasteiger partial charge in [-0.15, -0.1) is 0 Å². The van der Waals surface area contributed by atoms with Crippen molar-refractivity contribution >= 4 is 29.3 Å². The fourth-order valence-electron chi connectivity index (χ4n) is 0.568. The highest BCUT2D eigenvalue weighted by Crippen LogP contribution is 2.15. The zero-order valence-corrected chi connectivity index (χ0v) is 8.79. The first-order chi connectivity index (χ1) is 7.77. The number of hydrogen-bond donors (Lipinski definition) is 1. The summed E-state index contributed by atoms with van der Waals surface area (Å²) in [5, 5.41) is 7.75. The summed E-state index contributed by atoms with van der Waals surface area (Å²) in [6.07, 6.45) is -3.65. The third kappa shape index (κ3) is 7.10. The number of carbonyl (C=O) groups is 1. The fourth-order valence-corrected chi connectivity index (χ4v) is 0.694. The van der Waals surface area contributed by atoms with E-state index in [1.165, 1.54) is 6.08 Å². The zero-order valence-electron chi connectivity index (χ0n) is 8.03. The first kappa shape index (κ1) is 15.2. The number of alkyl halides is 3. The standard InChI is InChI=1S/C7H4ClNO.C2HF3O2/c8-6-1-3-7(4-2-6)9-5-10;3-2(4,5)1(6)7/h1-4H;(H,6,7). The monoisotopic (exact) mass is 267 g/mol. The molecule has 17 heavy (non-hydrogen) atoms. The van der Waals surface area contributed by atoms with E-state index in [0.29, 0.717) is 10.7 Å². The molecule has 1 aromatic carbocycles. The van der Waals surface area contributed by atoms with Crippen molar-refractivity contribution in [3.8, 4) is 0 Å². The highest BCUT2D eigenvalue weighted by molar-refractivity contribution is 6.30. The minimum absolute atomic E-state index is 0.569. The molecule has 1 aromatic rings. The predicted molar refractivity (Wildman–Crippen MR) is 52.9 cm³/mol. The average Bonchev–Trinajstić information content (AvgIpc) is 2.21. The minimum Gasteiger partial charge on any atom is -0.475 e. The van der Waals surface area contributed by atoms with Crippen LogP contribution in [-0.2, 0) is 9.59 Å². The van der Waals surface area contributed by atoms with E-state index >= 15 is 0 Å². The van der Waals surface area contributed by atoms with Gasteiger partial charge in [0.1, 0.15) is 0 Å². The van der Waals surface area contributed by atoms with Gasteiger partial charge in [0.15, 0.2) is 0 Å². The molecule has 0 unspecified atom stereocenters. The summed E-state index contributed by atoms with van der Waals surface area (Å²) in [6, 6.07) is 6.62. The lowest BCUT2D eigenvalue weighted by molar-refractivity contribution is -0.192. The van der Waals surface area contributed by atoms with Gasteiger partial charge in [-0.2, -0.15) is 18.2 Å². The number of nitrogens with zero attached hydrogens (tertiary/aromatic N) is 1. The molecule has 0 bridgehead atoms. The lowest BCUT2D eigenvalue weighted by Gasteiger charge is -1.93. The number of aliphatic carboxylic acids is 1. The molecule has 0 aromatic heterocycles. The zero-order chi connectivity index (χ0) is 13.5. The Balaban J connectivity index is 0.000000325. The van der Waals surface area contributed by atoms with Crippen LogP contribution in [0.3, 0.4) is 0 Å². The molecule has 0 atom stereocenters. The van der Waals surface area contributed by atoms with Crippen LogP contribution in [-0.4, -0.2) is 23.3 Å². The lowest BCUT2D eigenvalue weighted by Crippen LogP contribution is -2.21. The highest BCUT2D eigenvalue weighted by atomic mass is 35.5. The maximum atomic E-state index is 10.6. The molecule has 0 fully saturated rings. The summed E-state index contributed by atoms with van der Waals surface area (Å²) in [7, 11) is 0. The molecule has 0 aliphatic rings. The van der Waals surface area contributed by atoms with E-state index in [0.717, 1.165) is 0 Å². The van der Waals surface area contributed by atoms with Crippen molar-refractivity contribution in [3.63, 3.8) is 0 Å². The Morgan fingerprint density at radius 1 is 1.29 bits per heavy atom. The quantitative estimate of drug-likeness (QED) is 0.628. The number of rotatable bonds is 1. The summed E-state index contributed by atoms with van der Waals surface area (Å²) < 4.78 is 31.7. The number of hydrogen-bond acceptors (Lipinski definition) is 3. The van der Waals surface area contributed by atoms with Crippen molar-refractivity contribution < 1.29 is 27.9 Å².